The molecule has 0 amide bonds. The van der Waals surface area contributed by atoms with Gasteiger partial charge in [0, 0.05) is 12.4 Å². The molecule has 0 fully saturated rings. The molecule has 0 aliphatic carbocycles. The SMILES string of the molecule is O=C(c1ncc[nH]1)C(P(=O)(O)O)[P+](O)(O)O. The Hall–Kier alpha value is -0.660. The number of hydrogen-bond acceptors (Lipinski definition) is 6. The van der Waals surface area contributed by atoms with Gasteiger partial charge in [-0.15, -0.1) is 0 Å². The molecular weight excluding hydrogens is 262 g/mol. The van der Waals surface area contributed by atoms with Crippen LogP contribution in [-0.2, 0) is 4.57 Å². The van der Waals surface area contributed by atoms with Crippen LogP contribution in [0.2, 0.25) is 0 Å². The van der Waals surface area contributed by atoms with Gasteiger partial charge in [-0.2, -0.15) is 14.7 Å². The number of hydrogen-bond donors (Lipinski definition) is 6. The van der Waals surface area contributed by atoms with Gasteiger partial charge in [0.2, 0.25) is 0 Å². The van der Waals surface area contributed by atoms with E-state index < -0.39 is 32.5 Å². The third-order valence-electron chi connectivity index (χ3n) is 1.61. The normalized spacial score (nSPS) is 14.8. The Morgan fingerprint density at radius 2 is 2.00 bits per heavy atom. The molecule has 1 heterocycles. The summed E-state index contributed by atoms with van der Waals surface area (Å²) in [5.41, 5.74) is 0. The molecule has 0 spiro atoms. The van der Waals surface area contributed by atoms with Crippen LogP contribution < -0.4 is 0 Å². The molecule has 16 heavy (non-hydrogen) atoms. The van der Waals surface area contributed by atoms with Crippen molar-refractivity contribution in [3.63, 3.8) is 0 Å². The van der Waals surface area contributed by atoms with Gasteiger partial charge in [-0.05, 0) is 0 Å². The Balaban J connectivity index is 3.15. The molecule has 0 saturated carbocycles. The van der Waals surface area contributed by atoms with E-state index in [1.54, 1.807) is 0 Å². The minimum Gasteiger partial charge on any atom is -0.342 e. The highest BCUT2D eigenvalue weighted by Crippen LogP contribution is 2.65. The van der Waals surface area contributed by atoms with E-state index >= 15 is 0 Å². The summed E-state index contributed by atoms with van der Waals surface area (Å²) in [7, 11) is -10.2. The Morgan fingerprint density at radius 3 is 2.31 bits per heavy atom. The van der Waals surface area contributed by atoms with Crippen molar-refractivity contribution in [1.29, 1.82) is 0 Å². The quantitative estimate of drug-likeness (QED) is 0.294. The number of imidazole rings is 1. The van der Waals surface area contributed by atoms with Crippen LogP contribution in [-0.4, -0.2) is 45.6 Å². The number of nitrogens with one attached hydrogen (secondary N) is 1. The lowest BCUT2D eigenvalue weighted by Gasteiger charge is -2.15. The molecule has 1 aromatic rings. The first-order valence-corrected chi connectivity index (χ1v) is 7.19. The van der Waals surface area contributed by atoms with Gasteiger partial charge in [0.15, 0.2) is 5.82 Å². The summed E-state index contributed by atoms with van der Waals surface area (Å²) in [6.45, 7) is 0. The Kier molecular flexibility index (Phi) is 3.61. The van der Waals surface area contributed by atoms with Crippen molar-refractivity contribution >= 4 is 21.3 Å². The van der Waals surface area contributed by atoms with Crippen molar-refractivity contribution in [2.45, 2.75) is 5.40 Å². The van der Waals surface area contributed by atoms with Gasteiger partial charge in [-0.1, -0.05) is 0 Å². The standard InChI is InChI=1S/C5H8N2O7P2/c8-3(4-6-1-2-7-4)5(15(9,10)11)16(12,13)14/h1-2,5,9-11H,(H2-,6,7,8,12,13,14)/p+1. The van der Waals surface area contributed by atoms with Crippen molar-refractivity contribution in [2.24, 2.45) is 0 Å². The Morgan fingerprint density at radius 1 is 1.44 bits per heavy atom. The second-order valence-electron chi connectivity index (χ2n) is 2.88. The molecule has 90 valence electrons. The summed E-state index contributed by atoms with van der Waals surface area (Å²) in [5, 5.41) is -2.61. The number of ketones is 1. The van der Waals surface area contributed by atoms with Crippen molar-refractivity contribution in [3.8, 4) is 0 Å². The molecule has 1 rings (SSSR count). The summed E-state index contributed by atoms with van der Waals surface area (Å²) in [4.78, 5) is 61.2. The number of Topliss-reactive ketones (excluding diaryl/α,β-unsaturated/α-hetero) is 1. The fourth-order valence-corrected chi connectivity index (χ4v) is 3.51. The van der Waals surface area contributed by atoms with Crippen LogP contribution in [0.1, 0.15) is 10.6 Å². The van der Waals surface area contributed by atoms with Crippen LogP contribution in [0, 0.1) is 0 Å². The van der Waals surface area contributed by atoms with Crippen LogP contribution in [0.25, 0.3) is 0 Å². The van der Waals surface area contributed by atoms with E-state index in [-0.39, 0.29) is 0 Å². The summed E-state index contributed by atoms with van der Waals surface area (Å²) in [6.07, 6.45) is 2.34. The van der Waals surface area contributed by atoms with E-state index in [1.807, 2.05) is 0 Å². The summed E-state index contributed by atoms with van der Waals surface area (Å²) in [6, 6.07) is 0. The van der Waals surface area contributed by atoms with E-state index in [0.717, 1.165) is 6.20 Å². The fourth-order valence-electron chi connectivity index (χ4n) is 1.03. The molecule has 0 radical (unpaired) electrons. The minimum absolute atomic E-state index is 0.477. The van der Waals surface area contributed by atoms with Crippen LogP contribution in [0.3, 0.4) is 0 Å². The molecule has 0 aromatic carbocycles. The smallest absolute Gasteiger partial charge is 0.342 e. The molecule has 0 saturated heterocycles. The van der Waals surface area contributed by atoms with Gasteiger partial charge >= 0.3 is 20.9 Å². The number of aromatic nitrogens is 2. The highest BCUT2D eigenvalue weighted by molar-refractivity contribution is 7.76. The third kappa shape index (κ3) is 2.93. The lowest BCUT2D eigenvalue weighted by Crippen LogP contribution is -2.25. The topological polar surface area (TPSA) is 164 Å². The maximum absolute atomic E-state index is 11.5. The van der Waals surface area contributed by atoms with Crippen LogP contribution in [0.15, 0.2) is 12.4 Å². The summed E-state index contributed by atoms with van der Waals surface area (Å²) >= 11 is 0. The van der Waals surface area contributed by atoms with Crippen molar-refractivity contribution in [3.05, 3.63) is 18.2 Å². The maximum atomic E-state index is 11.5. The molecular formula is C5H9N2O7P2+. The molecule has 9 nitrogen and oxygen atoms in total. The molecule has 0 bridgehead atoms. The highest BCUT2D eigenvalue weighted by Gasteiger charge is 2.60. The number of carbonyl (C=O) groups excluding carboxylic acids is 1. The monoisotopic (exact) mass is 271 g/mol. The van der Waals surface area contributed by atoms with Gasteiger partial charge in [-0.25, -0.2) is 4.98 Å². The molecule has 11 heteroatoms. The zero-order valence-corrected chi connectivity index (χ0v) is 9.42. The number of carbonyl (C=O) groups is 1. The minimum atomic E-state index is -5.20. The second-order valence-corrected chi connectivity index (χ2v) is 6.73. The van der Waals surface area contributed by atoms with Gasteiger partial charge in [0.05, 0.1) is 0 Å². The maximum Gasteiger partial charge on any atom is 0.428 e. The molecule has 0 aliphatic rings. The number of aromatic amines is 1. The second kappa shape index (κ2) is 4.31. The molecule has 1 aromatic heterocycles. The molecule has 0 aliphatic heterocycles. The summed E-state index contributed by atoms with van der Waals surface area (Å²) in [5.74, 6) is -1.84. The molecule has 1 atom stereocenters. The van der Waals surface area contributed by atoms with E-state index in [1.165, 1.54) is 6.20 Å². The Bertz CT molecular complexity index is 418. The predicted octanol–water partition coefficient (Wildman–Crippen LogP) is -1.16. The van der Waals surface area contributed by atoms with E-state index in [0.29, 0.717) is 0 Å². The third-order valence-corrected chi connectivity index (χ3v) is 5.21. The van der Waals surface area contributed by atoms with Crippen molar-refractivity contribution < 1.29 is 33.8 Å². The van der Waals surface area contributed by atoms with Crippen molar-refractivity contribution in [2.75, 3.05) is 0 Å². The van der Waals surface area contributed by atoms with E-state index in [2.05, 4.69) is 9.97 Å². The van der Waals surface area contributed by atoms with Crippen molar-refractivity contribution in [1.82, 2.24) is 9.97 Å². The molecule has 1 unspecified atom stereocenters. The first kappa shape index (κ1) is 13.4. The zero-order chi connectivity index (χ0) is 12.6. The average molecular weight is 271 g/mol. The average Bonchev–Trinajstić information content (AvgIpc) is 2.48. The fraction of sp³-hybridized carbons (Fsp3) is 0.200. The molecule has 6 N–H and O–H groups in total. The van der Waals surface area contributed by atoms with Gasteiger partial charge < -0.3 is 14.8 Å². The van der Waals surface area contributed by atoms with Crippen LogP contribution in [0.4, 0.5) is 0 Å². The van der Waals surface area contributed by atoms with Crippen LogP contribution in [0.5, 0.6) is 0 Å². The first-order valence-electron chi connectivity index (χ1n) is 3.80. The van der Waals surface area contributed by atoms with Gasteiger partial charge in [0.1, 0.15) is 0 Å². The van der Waals surface area contributed by atoms with Crippen LogP contribution >= 0.6 is 15.5 Å². The summed E-state index contributed by atoms with van der Waals surface area (Å²) < 4.78 is 10.9. The Labute approximate surface area is 89.5 Å². The first-order chi connectivity index (χ1) is 7.14. The number of H-pyrrole nitrogens is 1. The van der Waals surface area contributed by atoms with E-state index in [4.69, 9.17) is 24.5 Å². The lowest BCUT2D eigenvalue weighted by molar-refractivity contribution is 0.0980. The number of nitrogens with zero attached hydrogens (tertiary/aromatic N) is 1. The van der Waals surface area contributed by atoms with Gasteiger partial charge in [0.25, 0.3) is 5.78 Å². The predicted molar refractivity (Wildman–Crippen MR) is 52.3 cm³/mol. The van der Waals surface area contributed by atoms with Gasteiger partial charge in [-0.3, -0.25) is 9.36 Å². The largest absolute Gasteiger partial charge is 0.428 e. The highest BCUT2D eigenvalue weighted by atomic mass is 31.3. The zero-order valence-electron chi connectivity index (χ0n) is 7.63. The number of rotatable bonds is 4. The van der Waals surface area contributed by atoms with E-state index in [9.17, 15) is 9.36 Å². The lowest BCUT2D eigenvalue weighted by atomic mass is 10.4.